The molecule has 10 heteroatoms. The van der Waals surface area contributed by atoms with Crippen LogP contribution in [-0.2, 0) is 10.2 Å². The Morgan fingerprint density at radius 3 is 2.65 bits per heavy atom. The molecule has 1 aromatic rings. The Kier molecular flexibility index (Phi) is 5.22. The first-order chi connectivity index (χ1) is 15.9. The standard InChI is InChI=1S/C24H30F3N3O4/c1-14-3-4-16(34-2)11-17(14)21-6-5-15-12-30(10-9-24(25,26)27)18(15)23(21,33)8-7-22(13-21)19(31)28-20(32)29-22/h3-4,11,15,18,33H,5-10,12-13H2,1-2H3,(H2,28,29,31,32). The summed E-state index contributed by atoms with van der Waals surface area (Å²) >= 11 is 0. The Hall–Kier alpha value is -2.33. The summed E-state index contributed by atoms with van der Waals surface area (Å²) in [7, 11) is 1.55. The van der Waals surface area contributed by atoms with E-state index in [9.17, 15) is 27.9 Å². The number of benzene rings is 1. The second-order valence-corrected chi connectivity index (χ2v) is 10.5. The van der Waals surface area contributed by atoms with Gasteiger partial charge in [-0.15, -0.1) is 0 Å². The number of likely N-dealkylation sites (tertiary alicyclic amines) is 1. The summed E-state index contributed by atoms with van der Waals surface area (Å²) in [4.78, 5) is 26.8. The fourth-order valence-electron chi connectivity index (χ4n) is 7.22. The van der Waals surface area contributed by atoms with Crippen molar-refractivity contribution in [2.45, 2.75) is 74.2 Å². The van der Waals surface area contributed by atoms with Crippen molar-refractivity contribution >= 4 is 11.9 Å². The fraction of sp³-hybridized carbons (Fsp3) is 0.667. The van der Waals surface area contributed by atoms with Crippen molar-refractivity contribution in [2.24, 2.45) is 5.92 Å². The highest BCUT2D eigenvalue weighted by atomic mass is 19.4. The number of amides is 3. The van der Waals surface area contributed by atoms with Crippen LogP contribution in [0.3, 0.4) is 0 Å². The van der Waals surface area contributed by atoms with Gasteiger partial charge in [-0.3, -0.25) is 15.0 Å². The van der Waals surface area contributed by atoms with E-state index < -0.39 is 47.1 Å². The van der Waals surface area contributed by atoms with Crippen LogP contribution in [0.15, 0.2) is 18.2 Å². The topological polar surface area (TPSA) is 90.9 Å². The molecular formula is C24H30F3N3O4. The molecule has 0 radical (unpaired) electrons. The van der Waals surface area contributed by atoms with Gasteiger partial charge in [0.05, 0.1) is 19.1 Å². The van der Waals surface area contributed by atoms with Gasteiger partial charge in [0.15, 0.2) is 0 Å². The molecule has 2 heterocycles. The molecule has 4 aliphatic rings. The van der Waals surface area contributed by atoms with Crippen LogP contribution in [0.25, 0.3) is 0 Å². The number of fused-ring (bicyclic) bond motifs is 3. The van der Waals surface area contributed by atoms with E-state index in [0.717, 1.165) is 17.5 Å². The summed E-state index contributed by atoms with van der Waals surface area (Å²) < 4.78 is 44.5. The molecule has 5 unspecified atom stereocenters. The van der Waals surface area contributed by atoms with E-state index in [1.54, 1.807) is 12.0 Å². The number of methoxy groups -OCH3 is 1. The minimum absolute atomic E-state index is 0.0957. The first-order valence-corrected chi connectivity index (χ1v) is 11.7. The summed E-state index contributed by atoms with van der Waals surface area (Å²) in [6.45, 7) is 2.29. The molecule has 34 heavy (non-hydrogen) atoms. The van der Waals surface area contributed by atoms with E-state index in [2.05, 4.69) is 10.6 Å². The lowest BCUT2D eigenvalue weighted by Gasteiger charge is -2.68. The van der Waals surface area contributed by atoms with E-state index in [-0.39, 0.29) is 31.7 Å². The Morgan fingerprint density at radius 2 is 2.00 bits per heavy atom. The van der Waals surface area contributed by atoms with Gasteiger partial charge >= 0.3 is 12.2 Å². The Labute approximate surface area is 196 Å². The SMILES string of the molecule is COc1ccc(C)c(C23CCC4CN(CCC(F)(F)F)C4C2(O)CCC2(C3)NC(=O)NC2=O)c1. The van der Waals surface area contributed by atoms with Crippen molar-refractivity contribution < 1.29 is 32.6 Å². The van der Waals surface area contributed by atoms with Crippen molar-refractivity contribution in [3.8, 4) is 5.75 Å². The molecular weight excluding hydrogens is 451 g/mol. The number of alkyl halides is 3. The first-order valence-electron chi connectivity index (χ1n) is 11.7. The number of halogens is 3. The summed E-state index contributed by atoms with van der Waals surface area (Å²) in [5, 5.41) is 17.6. The number of aliphatic hydroxyl groups is 1. The molecule has 5 rings (SSSR count). The minimum atomic E-state index is -4.27. The van der Waals surface area contributed by atoms with Crippen LogP contribution in [0.2, 0.25) is 0 Å². The molecule has 2 saturated carbocycles. The highest BCUT2D eigenvalue weighted by Gasteiger charge is 2.70. The van der Waals surface area contributed by atoms with Gasteiger partial charge in [-0.2, -0.15) is 13.2 Å². The van der Waals surface area contributed by atoms with Crippen LogP contribution < -0.4 is 15.4 Å². The van der Waals surface area contributed by atoms with Gasteiger partial charge in [0.25, 0.3) is 5.91 Å². The van der Waals surface area contributed by atoms with Crippen molar-refractivity contribution in [3.63, 3.8) is 0 Å². The van der Waals surface area contributed by atoms with Crippen molar-refractivity contribution in [1.29, 1.82) is 0 Å². The van der Waals surface area contributed by atoms with Gasteiger partial charge < -0.3 is 15.2 Å². The maximum Gasteiger partial charge on any atom is 0.390 e. The van der Waals surface area contributed by atoms with Crippen LogP contribution in [0.1, 0.15) is 49.7 Å². The molecule has 3 N–H and O–H groups in total. The van der Waals surface area contributed by atoms with E-state index >= 15 is 0 Å². The number of ether oxygens (including phenoxy) is 1. The van der Waals surface area contributed by atoms with E-state index in [0.29, 0.717) is 18.7 Å². The predicted molar refractivity (Wildman–Crippen MR) is 116 cm³/mol. The molecule has 2 aliphatic heterocycles. The molecule has 0 bridgehead atoms. The quantitative estimate of drug-likeness (QED) is 0.576. The maximum absolute atomic E-state index is 13.0. The molecule has 186 valence electrons. The number of carbonyl (C=O) groups is 2. The average molecular weight is 482 g/mol. The zero-order chi connectivity index (χ0) is 24.5. The number of carbonyl (C=O) groups excluding carboxylic acids is 2. The molecule has 5 atom stereocenters. The number of rotatable bonds is 4. The second-order valence-electron chi connectivity index (χ2n) is 10.5. The van der Waals surface area contributed by atoms with Crippen LogP contribution in [0.5, 0.6) is 5.75 Å². The number of nitrogens with zero attached hydrogens (tertiary/aromatic N) is 1. The van der Waals surface area contributed by atoms with Crippen molar-refractivity contribution in [3.05, 3.63) is 29.3 Å². The van der Waals surface area contributed by atoms with Gasteiger partial charge in [-0.05, 0) is 68.2 Å². The molecule has 0 aromatic heterocycles. The second kappa shape index (κ2) is 7.58. The van der Waals surface area contributed by atoms with Gasteiger partial charge in [-0.1, -0.05) is 6.07 Å². The summed E-state index contributed by atoms with van der Waals surface area (Å²) in [5.41, 5.74) is -1.72. The molecule has 2 saturated heterocycles. The lowest BCUT2D eigenvalue weighted by atomic mass is 9.45. The predicted octanol–water partition coefficient (Wildman–Crippen LogP) is 2.78. The highest BCUT2D eigenvalue weighted by Crippen LogP contribution is 2.62. The molecule has 7 nitrogen and oxygen atoms in total. The number of imide groups is 1. The number of hydrogen-bond acceptors (Lipinski definition) is 5. The normalized spacial score (nSPS) is 37.5. The molecule has 2 aliphatic carbocycles. The summed E-state index contributed by atoms with van der Waals surface area (Å²) in [6.07, 6.45) is -3.32. The smallest absolute Gasteiger partial charge is 0.390 e. The van der Waals surface area contributed by atoms with E-state index in [4.69, 9.17) is 4.74 Å². The molecule has 1 aromatic carbocycles. The van der Waals surface area contributed by atoms with Crippen molar-refractivity contribution in [2.75, 3.05) is 20.2 Å². The van der Waals surface area contributed by atoms with Crippen LogP contribution in [-0.4, -0.2) is 65.5 Å². The first kappa shape index (κ1) is 23.4. The van der Waals surface area contributed by atoms with E-state index in [1.165, 1.54) is 0 Å². The molecule has 4 fully saturated rings. The monoisotopic (exact) mass is 481 g/mol. The Morgan fingerprint density at radius 1 is 1.24 bits per heavy atom. The highest BCUT2D eigenvalue weighted by molar-refractivity contribution is 6.07. The third-order valence-electron chi connectivity index (χ3n) is 8.76. The van der Waals surface area contributed by atoms with Gasteiger partial charge in [0.2, 0.25) is 0 Å². The third kappa shape index (κ3) is 3.32. The van der Waals surface area contributed by atoms with Gasteiger partial charge in [0.1, 0.15) is 11.3 Å². The zero-order valence-electron chi connectivity index (χ0n) is 19.3. The number of urea groups is 1. The Bertz CT molecular complexity index is 1030. The summed E-state index contributed by atoms with van der Waals surface area (Å²) in [5.74, 6) is 0.281. The fourth-order valence-corrected chi connectivity index (χ4v) is 7.22. The molecule has 1 spiro atoms. The number of nitrogens with one attached hydrogen (secondary N) is 2. The lowest BCUT2D eigenvalue weighted by molar-refractivity contribution is -0.226. The number of hydrogen-bond donors (Lipinski definition) is 3. The van der Waals surface area contributed by atoms with Crippen LogP contribution >= 0.6 is 0 Å². The lowest BCUT2D eigenvalue weighted by Crippen LogP contribution is -2.79. The van der Waals surface area contributed by atoms with Crippen LogP contribution in [0.4, 0.5) is 18.0 Å². The van der Waals surface area contributed by atoms with Crippen LogP contribution in [0, 0.1) is 12.8 Å². The zero-order valence-corrected chi connectivity index (χ0v) is 19.3. The van der Waals surface area contributed by atoms with Gasteiger partial charge in [0, 0.05) is 24.5 Å². The largest absolute Gasteiger partial charge is 0.497 e. The minimum Gasteiger partial charge on any atom is -0.497 e. The van der Waals surface area contributed by atoms with E-state index in [1.807, 2.05) is 25.1 Å². The number of aryl methyl sites for hydroxylation is 1. The Balaban J connectivity index is 1.60. The van der Waals surface area contributed by atoms with Gasteiger partial charge in [-0.25, -0.2) is 4.79 Å². The summed E-state index contributed by atoms with van der Waals surface area (Å²) in [6, 6.07) is 4.59. The maximum atomic E-state index is 13.0. The molecule has 3 amide bonds. The van der Waals surface area contributed by atoms with Crippen molar-refractivity contribution in [1.82, 2.24) is 15.5 Å². The average Bonchev–Trinajstić information content (AvgIpc) is 3.01. The third-order valence-corrected chi connectivity index (χ3v) is 8.76.